The molecule has 3 rings (SSSR count). The zero-order valence-corrected chi connectivity index (χ0v) is 10.4. The van der Waals surface area contributed by atoms with E-state index in [1.165, 1.54) is 0 Å². The van der Waals surface area contributed by atoms with Crippen LogP contribution in [0.3, 0.4) is 0 Å². The molecule has 0 unspecified atom stereocenters. The highest BCUT2D eigenvalue weighted by molar-refractivity contribution is 7.80. The van der Waals surface area contributed by atoms with E-state index in [0.717, 1.165) is 11.4 Å². The second-order valence-electron chi connectivity index (χ2n) is 3.86. The SMILES string of the molecule is S=C1NN(c2ccccc2)NN1c1ccccc1. The Morgan fingerprint density at radius 1 is 0.778 bits per heavy atom. The fourth-order valence-corrected chi connectivity index (χ4v) is 2.00. The molecule has 0 radical (unpaired) electrons. The molecule has 0 aliphatic carbocycles. The zero-order valence-electron chi connectivity index (χ0n) is 9.58. The van der Waals surface area contributed by atoms with E-state index >= 15 is 0 Å². The van der Waals surface area contributed by atoms with Crippen molar-refractivity contribution in [2.75, 3.05) is 10.1 Å². The summed E-state index contributed by atoms with van der Waals surface area (Å²) in [7, 11) is 0. The zero-order chi connectivity index (χ0) is 12.4. The van der Waals surface area contributed by atoms with Crippen LogP contribution in [0, 0.1) is 0 Å². The molecule has 0 spiro atoms. The first-order chi connectivity index (χ1) is 8.84. The van der Waals surface area contributed by atoms with E-state index in [1.54, 1.807) is 5.12 Å². The summed E-state index contributed by atoms with van der Waals surface area (Å²) in [5.74, 6) is 0. The van der Waals surface area contributed by atoms with Crippen LogP contribution in [0.15, 0.2) is 60.7 Å². The normalized spacial score (nSPS) is 14.8. The van der Waals surface area contributed by atoms with Crippen molar-refractivity contribution >= 4 is 28.7 Å². The minimum absolute atomic E-state index is 0.616. The highest BCUT2D eigenvalue weighted by Crippen LogP contribution is 2.18. The van der Waals surface area contributed by atoms with Crippen LogP contribution in [-0.4, -0.2) is 5.11 Å². The van der Waals surface area contributed by atoms with Gasteiger partial charge in [0.25, 0.3) is 0 Å². The summed E-state index contributed by atoms with van der Waals surface area (Å²) in [6, 6.07) is 19.9. The second kappa shape index (κ2) is 4.64. The summed E-state index contributed by atoms with van der Waals surface area (Å²) in [5.41, 5.74) is 8.28. The Hall–Kier alpha value is -2.11. The van der Waals surface area contributed by atoms with Crippen LogP contribution in [0.2, 0.25) is 0 Å². The molecule has 1 aliphatic rings. The Bertz CT molecular complexity index is 543. The van der Waals surface area contributed by atoms with Crippen molar-refractivity contribution in [3.8, 4) is 0 Å². The van der Waals surface area contributed by atoms with E-state index in [2.05, 4.69) is 11.0 Å². The predicted molar refractivity (Wildman–Crippen MR) is 76.7 cm³/mol. The van der Waals surface area contributed by atoms with Gasteiger partial charge in [0.1, 0.15) is 0 Å². The van der Waals surface area contributed by atoms with Crippen molar-refractivity contribution in [1.29, 1.82) is 0 Å². The van der Waals surface area contributed by atoms with Gasteiger partial charge in [-0.2, -0.15) is 5.12 Å². The molecule has 18 heavy (non-hydrogen) atoms. The molecule has 1 aliphatic heterocycles. The minimum Gasteiger partial charge on any atom is -0.256 e. The topological polar surface area (TPSA) is 30.5 Å². The predicted octanol–water partition coefficient (Wildman–Crippen LogP) is 2.22. The molecule has 0 bridgehead atoms. The summed E-state index contributed by atoms with van der Waals surface area (Å²) in [6.45, 7) is 0. The molecule has 2 aromatic rings. The third-order valence-corrected chi connectivity index (χ3v) is 2.91. The monoisotopic (exact) mass is 256 g/mol. The Balaban J connectivity index is 1.83. The quantitative estimate of drug-likeness (QED) is 0.805. The van der Waals surface area contributed by atoms with Gasteiger partial charge in [-0.1, -0.05) is 36.4 Å². The van der Waals surface area contributed by atoms with Crippen molar-refractivity contribution in [3.63, 3.8) is 0 Å². The summed E-state index contributed by atoms with van der Waals surface area (Å²) < 4.78 is 0. The minimum atomic E-state index is 0.616. The van der Waals surface area contributed by atoms with Crippen LogP contribution >= 0.6 is 12.2 Å². The lowest BCUT2D eigenvalue weighted by atomic mass is 10.3. The Morgan fingerprint density at radius 3 is 1.94 bits per heavy atom. The van der Waals surface area contributed by atoms with Gasteiger partial charge in [-0.05, 0) is 36.5 Å². The smallest absolute Gasteiger partial charge is 0.210 e. The number of hydrogen-bond donors (Lipinski definition) is 2. The molecule has 0 aromatic heterocycles. The third kappa shape index (κ3) is 2.01. The van der Waals surface area contributed by atoms with Gasteiger partial charge in [-0.15, -0.1) is 5.53 Å². The molecule has 1 fully saturated rings. The standard InChI is InChI=1S/C13H12N4S/c18-13-14-17(12-9-5-2-6-10-12)15-16(13)11-7-3-1-4-8-11/h1-10,15H,(H,14,18). The lowest BCUT2D eigenvalue weighted by Gasteiger charge is -2.19. The first-order valence-electron chi connectivity index (χ1n) is 5.62. The van der Waals surface area contributed by atoms with Gasteiger partial charge in [-0.3, -0.25) is 5.43 Å². The molecular formula is C13H12N4S. The van der Waals surface area contributed by atoms with Crippen molar-refractivity contribution in [2.45, 2.75) is 0 Å². The number of hydrazine groups is 3. The number of nitrogens with one attached hydrogen (secondary N) is 2. The molecule has 2 aromatic carbocycles. The van der Waals surface area contributed by atoms with Gasteiger partial charge < -0.3 is 0 Å². The van der Waals surface area contributed by atoms with Gasteiger partial charge in [0.05, 0.1) is 11.4 Å². The average Bonchev–Trinajstić information content (AvgIpc) is 2.83. The molecular weight excluding hydrogens is 244 g/mol. The fraction of sp³-hybridized carbons (Fsp3) is 0. The van der Waals surface area contributed by atoms with Crippen molar-refractivity contribution in [1.82, 2.24) is 11.0 Å². The lowest BCUT2D eigenvalue weighted by molar-refractivity contribution is 0.694. The third-order valence-electron chi connectivity index (χ3n) is 2.64. The highest BCUT2D eigenvalue weighted by Gasteiger charge is 2.24. The van der Waals surface area contributed by atoms with Gasteiger partial charge in [0.15, 0.2) is 0 Å². The molecule has 90 valence electrons. The van der Waals surface area contributed by atoms with E-state index in [9.17, 15) is 0 Å². The van der Waals surface area contributed by atoms with Crippen molar-refractivity contribution in [2.24, 2.45) is 0 Å². The summed E-state index contributed by atoms with van der Waals surface area (Å²) in [6.07, 6.45) is 0. The number of thiocarbonyl (C=S) groups is 1. The molecule has 0 saturated carbocycles. The molecule has 2 N–H and O–H groups in total. The largest absolute Gasteiger partial charge is 0.256 e. The number of anilines is 2. The average molecular weight is 256 g/mol. The maximum absolute atomic E-state index is 5.31. The Kier molecular flexibility index (Phi) is 2.84. The van der Waals surface area contributed by atoms with E-state index in [4.69, 9.17) is 12.2 Å². The van der Waals surface area contributed by atoms with Gasteiger partial charge in [0.2, 0.25) is 5.11 Å². The summed E-state index contributed by atoms with van der Waals surface area (Å²) in [4.78, 5) is 0. The first-order valence-corrected chi connectivity index (χ1v) is 6.03. The lowest BCUT2D eigenvalue weighted by Crippen LogP contribution is -2.42. The van der Waals surface area contributed by atoms with E-state index in [1.807, 2.05) is 65.7 Å². The van der Waals surface area contributed by atoms with Crippen LogP contribution in [-0.2, 0) is 0 Å². The van der Waals surface area contributed by atoms with Crippen LogP contribution in [0.1, 0.15) is 0 Å². The molecule has 1 heterocycles. The number of benzene rings is 2. The van der Waals surface area contributed by atoms with Crippen LogP contribution in [0.5, 0.6) is 0 Å². The molecule has 1 saturated heterocycles. The first kappa shape index (κ1) is 11.0. The number of para-hydroxylation sites is 2. The molecule has 4 nitrogen and oxygen atoms in total. The second-order valence-corrected chi connectivity index (χ2v) is 4.25. The van der Waals surface area contributed by atoms with Gasteiger partial charge in [0, 0.05) is 0 Å². The van der Waals surface area contributed by atoms with E-state index in [0.29, 0.717) is 5.11 Å². The fourth-order valence-electron chi connectivity index (χ4n) is 1.77. The van der Waals surface area contributed by atoms with Crippen LogP contribution in [0.25, 0.3) is 0 Å². The molecule has 5 heteroatoms. The van der Waals surface area contributed by atoms with E-state index < -0.39 is 0 Å². The number of nitrogens with zero attached hydrogens (tertiary/aromatic N) is 2. The highest BCUT2D eigenvalue weighted by atomic mass is 32.1. The maximum atomic E-state index is 5.31. The van der Waals surface area contributed by atoms with Gasteiger partial charge >= 0.3 is 0 Å². The summed E-state index contributed by atoms with van der Waals surface area (Å²) in [5, 5.41) is 4.22. The van der Waals surface area contributed by atoms with Crippen molar-refractivity contribution in [3.05, 3.63) is 60.7 Å². The van der Waals surface area contributed by atoms with E-state index in [-0.39, 0.29) is 0 Å². The number of hydrogen-bond acceptors (Lipinski definition) is 3. The molecule has 0 atom stereocenters. The van der Waals surface area contributed by atoms with Gasteiger partial charge in [-0.25, -0.2) is 5.01 Å². The maximum Gasteiger partial charge on any atom is 0.210 e. The number of rotatable bonds is 2. The Labute approximate surface area is 111 Å². The van der Waals surface area contributed by atoms with Crippen molar-refractivity contribution < 1.29 is 0 Å². The summed E-state index contributed by atoms with van der Waals surface area (Å²) >= 11 is 5.31. The van der Waals surface area contributed by atoms with Crippen LogP contribution in [0.4, 0.5) is 11.4 Å². The van der Waals surface area contributed by atoms with Crippen LogP contribution < -0.4 is 21.1 Å². The molecule has 0 amide bonds. The Morgan fingerprint density at radius 2 is 1.33 bits per heavy atom.